The molecule has 6 heteroatoms. The normalized spacial score (nSPS) is 18.9. The van der Waals surface area contributed by atoms with Gasteiger partial charge in [-0.2, -0.15) is 5.10 Å². The molecule has 1 unspecified atom stereocenters. The van der Waals surface area contributed by atoms with E-state index in [1.807, 2.05) is 75.1 Å². The molecule has 2 aliphatic rings. The maximum Gasteiger partial charge on any atom is 0.257 e. The van der Waals surface area contributed by atoms with Crippen molar-refractivity contribution in [1.29, 1.82) is 0 Å². The fraction of sp³-hybridized carbons (Fsp3) is 0.292. The van der Waals surface area contributed by atoms with E-state index in [1.165, 1.54) is 0 Å². The minimum absolute atomic E-state index is 0.0234. The summed E-state index contributed by atoms with van der Waals surface area (Å²) in [5, 5.41) is 4.59. The summed E-state index contributed by atoms with van der Waals surface area (Å²) in [7, 11) is 0. The molecule has 2 saturated heterocycles. The second kappa shape index (κ2) is 7.78. The highest BCUT2D eigenvalue weighted by Gasteiger charge is 2.37. The minimum Gasteiger partial charge on any atom is -0.339 e. The van der Waals surface area contributed by atoms with Crippen LogP contribution in [0, 0.1) is 0 Å². The van der Waals surface area contributed by atoms with E-state index in [2.05, 4.69) is 5.10 Å². The van der Waals surface area contributed by atoms with Crippen LogP contribution >= 0.6 is 0 Å². The lowest BCUT2D eigenvalue weighted by molar-refractivity contribution is -0.117. The highest BCUT2D eigenvalue weighted by atomic mass is 16.2. The Bertz CT molecular complexity index is 1060. The van der Waals surface area contributed by atoms with Crippen LogP contribution in [0.2, 0.25) is 0 Å². The van der Waals surface area contributed by atoms with Crippen molar-refractivity contribution in [1.82, 2.24) is 14.7 Å². The van der Waals surface area contributed by atoms with Crippen molar-refractivity contribution in [3.63, 3.8) is 0 Å². The van der Waals surface area contributed by atoms with E-state index in [-0.39, 0.29) is 17.7 Å². The van der Waals surface area contributed by atoms with Crippen molar-refractivity contribution < 1.29 is 9.59 Å². The Morgan fingerprint density at radius 2 is 1.53 bits per heavy atom. The largest absolute Gasteiger partial charge is 0.339 e. The monoisotopic (exact) mass is 400 g/mol. The van der Waals surface area contributed by atoms with Gasteiger partial charge in [0.25, 0.3) is 5.91 Å². The summed E-state index contributed by atoms with van der Waals surface area (Å²) < 4.78 is 1.84. The van der Waals surface area contributed by atoms with Gasteiger partial charge < -0.3 is 9.80 Å². The highest BCUT2D eigenvalue weighted by molar-refractivity contribution is 5.99. The van der Waals surface area contributed by atoms with E-state index in [0.29, 0.717) is 18.5 Å². The van der Waals surface area contributed by atoms with Crippen molar-refractivity contribution in [2.75, 3.05) is 24.5 Å². The Labute approximate surface area is 175 Å². The van der Waals surface area contributed by atoms with Gasteiger partial charge in [0.2, 0.25) is 5.91 Å². The molecule has 3 aromatic rings. The molecule has 0 bridgehead atoms. The number of para-hydroxylation sites is 2. The Hall–Kier alpha value is -3.41. The fourth-order valence-electron chi connectivity index (χ4n) is 4.53. The SMILES string of the molecule is O=C(c1cnn(-c2ccccc2)c1C1CC(=O)N(c2ccccc2)C1)N1CCCC1. The van der Waals surface area contributed by atoms with Crippen LogP contribution in [0.5, 0.6) is 0 Å². The molecule has 30 heavy (non-hydrogen) atoms. The lowest BCUT2D eigenvalue weighted by Crippen LogP contribution is -2.29. The zero-order valence-electron chi connectivity index (χ0n) is 16.8. The standard InChI is InChI=1S/C24H24N4O2/c29-22-15-18(17-27(22)19-9-3-1-4-10-19)23-21(24(30)26-13-7-8-14-26)16-25-28(23)20-11-5-2-6-12-20/h1-6,9-12,16,18H,7-8,13-15,17H2. The maximum atomic E-state index is 13.3. The second-order valence-corrected chi connectivity index (χ2v) is 7.93. The summed E-state index contributed by atoms with van der Waals surface area (Å²) in [4.78, 5) is 29.9. The van der Waals surface area contributed by atoms with Crippen LogP contribution in [-0.4, -0.2) is 46.1 Å². The van der Waals surface area contributed by atoms with Crippen molar-refractivity contribution in [2.24, 2.45) is 0 Å². The molecule has 0 N–H and O–H groups in total. The molecule has 3 heterocycles. The molecule has 1 aromatic heterocycles. The second-order valence-electron chi connectivity index (χ2n) is 7.93. The number of hydrogen-bond donors (Lipinski definition) is 0. The van der Waals surface area contributed by atoms with Gasteiger partial charge in [0, 0.05) is 37.7 Å². The van der Waals surface area contributed by atoms with E-state index < -0.39 is 0 Å². The molecule has 0 aliphatic carbocycles. The number of hydrogen-bond acceptors (Lipinski definition) is 3. The molecule has 2 amide bonds. The Morgan fingerprint density at radius 3 is 2.20 bits per heavy atom. The number of rotatable bonds is 4. The molecule has 2 aliphatic heterocycles. The lowest BCUT2D eigenvalue weighted by Gasteiger charge is -2.20. The first-order valence-electron chi connectivity index (χ1n) is 10.5. The number of aromatic nitrogens is 2. The number of amides is 2. The van der Waals surface area contributed by atoms with Gasteiger partial charge in [-0.25, -0.2) is 4.68 Å². The van der Waals surface area contributed by atoms with E-state index in [9.17, 15) is 9.59 Å². The smallest absolute Gasteiger partial charge is 0.257 e. The summed E-state index contributed by atoms with van der Waals surface area (Å²) in [6.45, 7) is 2.12. The molecule has 6 nitrogen and oxygen atoms in total. The van der Waals surface area contributed by atoms with E-state index >= 15 is 0 Å². The average molecular weight is 400 g/mol. The predicted molar refractivity (Wildman–Crippen MR) is 115 cm³/mol. The van der Waals surface area contributed by atoms with Crippen LogP contribution < -0.4 is 4.90 Å². The highest BCUT2D eigenvalue weighted by Crippen LogP contribution is 2.35. The summed E-state index contributed by atoms with van der Waals surface area (Å²) in [6, 6.07) is 19.5. The Morgan fingerprint density at radius 1 is 0.900 bits per heavy atom. The fourth-order valence-corrected chi connectivity index (χ4v) is 4.53. The average Bonchev–Trinajstić information content (AvgIpc) is 3.54. The Balaban J connectivity index is 1.55. The third kappa shape index (κ3) is 3.28. The number of carbonyl (C=O) groups excluding carboxylic acids is 2. The third-order valence-corrected chi connectivity index (χ3v) is 6.01. The molecular formula is C24H24N4O2. The first-order chi connectivity index (χ1) is 14.7. The van der Waals surface area contributed by atoms with Gasteiger partial charge >= 0.3 is 0 Å². The van der Waals surface area contributed by atoms with E-state index in [1.54, 1.807) is 6.20 Å². The van der Waals surface area contributed by atoms with Crippen molar-refractivity contribution in [3.8, 4) is 5.69 Å². The van der Waals surface area contributed by atoms with Crippen LogP contribution in [0.3, 0.4) is 0 Å². The van der Waals surface area contributed by atoms with Gasteiger partial charge in [0.1, 0.15) is 0 Å². The molecule has 2 fully saturated rings. The predicted octanol–water partition coefficient (Wildman–Crippen LogP) is 3.63. The van der Waals surface area contributed by atoms with Gasteiger partial charge in [0.05, 0.1) is 23.1 Å². The number of carbonyl (C=O) groups is 2. The van der Waals surface area contributed by atoms with Crippen LogP contribution in [0.25, 0.3) is 5.69 Å². The van der Waals surface area contributed by atoms with Gasteiger partial charge in [-0.1, -0.05) is 36.4 Å². The summed E-state index contributed by atoms with van der Waals surface area (Å²) in [5.41, 5.74) is 3.25. The van der Waals surface area contributed by atoms with E-state index in [0.717, 1.165) is 43.0 Å². The lowest BCUT2D eigenvalue weighted by atomic mass is 9.99. The molecule has 1 atom stereocenters. The number of nitrogens with zero attached hydrogens (tertiary/aromatic N) is 4. The topological polar surface area (TPSA) is 58.4 Å². The first kappa shape index (κ1) is 18.6. The van der Waals surface area contributed by atoms with Crippen LogP contribution in [0.15, 0.2) is 66.9 Å². The zero-order valence-corrected chi connectivity index (χ0v) is 16.8. The zero-order chi connectivity index (χ0) is 20.5. The minimum atomic E-state index is -0.0954. The molecule has 0 radical (unpaired) electrons. The summed E-state index contributed by atoms with van der Waals surface area (Å²) in [6.07, 6.45) is 4.13. The molecule has 0 spiro atoms. The number of likely N-dealkylation sites (tertiary alicyclic amines) is 1. The first-order valence-corrected chi connectivity index (χ1v) is 10.5. The summed E-state index contributed by atoms with van der Waals surface area (Å²) in [5.74, 6) is 0.00356. The van der Waals surface area contributed by atoms with Gasteiger partial charge in [-0.05, 0) is 37.1 Å². The number of anilines is 1. The third-order valence-electron chi connectivity index (χ3n) is 6.01. The van der Waals surface area contributed by atoms with E-state index in [4.69, 9.17) is 0 Å². The van der Waals surface area contributed by atoms with Crippen molar-refractivity contribution in [2.45, 2.75) is 25.2 Å². The Kier molecular flexibility index (Phi) is 4.83. The maximum absolute atomic E-state index is 13.3. The molecule has 5 rings (SSSR count). The quantitative estimate of drug-likeness (QED) is 0.672. The van der Waals surface area contributed by atoms with Crippen molar-refractivity contribution >= 4 is 17.5 Å². The molecular weight excluding hydrogens is 376 g/mol. The van der Waals surface area contributed by atoms with Gasteiger partial charge in [0.15, 0.2) is 0 Å². The van der Waals surface area contributed by atoms with Crippen LogP contribution in [0.1, 0.15) is 41.2 Å². The molecule has 0 saturated carbocycles. The van der Waals surface area contributed by atoms with Gasteiger partial charge in [-0.3, -0.25) is 9.59 Å². The molecule has 2 aromatic carbocycles. The van der Waals surface area contributed by atoms with Crippen LogP contribution in [-0.2, 0) is 4.79 Å². The summed E-state index contributed by atoms with van der Waals surface area (Å²) >= 11 is 0. The van der Waals surface area contributed by atoms with Crippen molar-refractivity contribution in [3.05, 3.63) is 78.1 Å². The molecule has 152 valence electrons. The number of benzene rings is 2. The van der Waals surface area contributed by atoms with Crippen LogP contribution in [0.4, 0.5) is 5.69 Å². The van der Waals surface area contributed by atoms with Gasteiger partial charge in [-0.15, -0.1) is 0 Å².